The maximum Gasteiger partial charge on any atom is 0.224 e. The third-order valence-electron chi connectivity index (χ3n) is 4.67. The van der Waals surface area contributed by atoms with E-state index in [0.717, 1.165) is 27.0 Å². The Morgan fingerprint density at radius 3 is 2.53 bits per heavy atom. The summed E-state index contributed by atoms with van der Waals surface area (Å²) in [7, 11) is 0. The third kappa shape index (κ3) is 4.75. The minimum absolute atomic E-state index is 0.120. The molecule has 0 aliphatic rings. The van der Waals surface area contributed by atoms with Gasteiger partial charge in [0.2, 0.25) is 5.91 Å². The van der Waals surface area contributed by atoms with E-state index in [4.69, 9.17) is 5.73 Å². The van der Waals surface area contributed by atoms with Crippen LogP contribution in [0.25, 0.3) is 16.8 Å². The van der Waals surface area contributed by atoms with Crippen LogP contribution >= 0.6 is 15.9 Å². The highest BCUT2D eigenvalue weighted by Gasteiger charge is 2.10. The summed E-state index contributed by atoms with van der Waals surface area (Å²) in [5.74, 6) is -0.120. The van der Waals surface area contributed by atoms with Gasteiger partial charge in [0.05, 0.1) is 29.0 Å². The van der Waals surface area contributed by atoms with Gasteiger partial charge >= 0.3 is 0 Å². The van der Waals surface area contributed by atoms with Crippen LogP contribution in [0.15, 0.2) is 83.5 Å². The van der Waals surface area contributed by atoms with Crippen molar-refractivity contribution in [2.24, 2.45) is 0 Å². The monoisotopic (exact) mass is 461 g/mol. The Kier molecular flexibility index (Phi) is 5.90. The molecule has 4 aromatic rings. The maximum atomic E-state index is 12.5. The molecule has 0 aliphatic carbocycles. The Morgan fingerprint density at radius 2 is 1.77 bits per heavy atom. The summed E-state index contributed by atoms with van der Waals surface area (Å²) in [6.07, 6.45) is 2.61. The number of aromatic nitrogens is 3. The topological polar surface area (TPSA) is 85.8 Å². The van der Waals surface area contributed by atoms with Gasteiger partial charge in [-0.3, -0.25) is 4.79 Å². The van der Waals surface area contributed by atoms with Crippen LogP contribution in [0.4, 0.5) is 11.4 Å². The standard InChI is InChI=1S/C23H20BrN5O/c24-18-7-10-20(11-8-18)29-15-19(27-28-29)9-13-23(30)26-22-14-17(6-12-21(22)25)16-4-2-1-3-5-16/h1-8,10-12,14-15H,9,13,25H2,(H,26,30). The van der Waals surface area contributed by atoms with Gasteiger partial charge in [-0.05, 0) is 47.5 Å². The van der Waals surface area contributed by atoms with Gasteiger partial charge in [-0.15, -0.1) is 5.10 Å². The molecule has 4 rings (SSSR count). The highest BCUT2D eigenvalue weighted by Crippen LogP contribution is 2.27. The van der Waals surface area contributed by atoms with E-state index in [1.165, 1.54) is 0 Å². The van der Waals surface area contributed by atoms with Gasteiger partial charge in [0.25, 0.3) is 0 Å². The first kappa shape index (κ1) is 19.8. The van der Waals surface area contributed by atoms with Gasteiger partial charge < -0.3 is 11.1 Å². The molecule has 7 heteroatoms. The summed E-state index contributed by atoms with van der Waals surface area (Å²) in [6, 6.07) is 23.4. The van der Waals surface area contributed by atoms with Gasteiger partial charge in [-0.25, -0.2) is 4.68 Å². The number of hydrogen-bond acceptors (Lipinski definition) is 4. The molecule has 0 aliphatic heterocycles. The molecule has 6 nitrogen and oxygen atoms in total. The lowest BCUT2D eigenvalue weighted by Crippen LogP contribution is -2.13. The lowest BCUT2D eigenvalue weighted by Gasteiger charge is -2.10. The second-order valence-corrected chi connectivity index (χ2v) is 7.76. The first-order valence-electron chi connectivity index (χ1n) is 9.50. The van der Waals surface area contributed by atoms with E-state index in [-0.39, 0.29) is 12.3 Å². The molecule has 3 N–H and O–H groups in total. The van der Waals surface area contributed by atoms with Crippen LogP contribution in [0.2, 0.25) is 0 Å². The smallest absolute Gasteiger partial charge is 0.224 e. The first-order valence-corrected chi connectivity index (χ1v) is 10.3. The number of rotatable bonds is 6. The molecule has 1 amide bonds. The number of nitrogens with two attached hydrogens (primary N) is 1. The zero-order chi connectivity index (χ0) is 20.9. The van der Waals surface area contributed by atoms with Gasteiger partial charge in [0.15, 0.2) is 0 Å². The van der Waals surface area contributed by atoms with Crippen LogP contribution in [-0.2, 0) is 11.2 Å². The average molecular weight is 462 g/mol. The summed E-state index contributed by atoms with van der Waals surface area (Å²) in [4.78, 5) is 12.5. The van der Waals surface area contributed by atoms with E-state index in [1.54, 1.807) is 4.68 Å². The molecule has 150 valence electrons. The number of carbonyl (C=O) groups excluding carboxylic acids is 1. The van der Waals surface area contributed by atoms with Crippen molar-refractivity contribution in [3.63, 3.8) is 0 Å². The van der Waals surface area contributed by atoms with Gasteiger partial charge in [0.1, 0.15) is 0 Å². The fraction of sp³-hybridized carbons (Fsp3) is 0.0870. The van der Waals surface area contributed by atoms with E-state index in [9.17, 15) is 4.79 Å². The van der Waals surface area contributed by atoms with Crippen molar-refractivity contribution in [1.29, 1.82) is 0 Å². The van der Waals surface area contributed by atoms with Crippen molar-refractivity contribution >= 4 is 33.2 Å². The molecular weight excluding hydrogens is 442 g/mol. The maximum absolute atomic E-state index is 12.5. The summed E-state index contributed by atoms with van der Waals surface area (Å²) in [6.45, 7) is 0. The second-order valence-electron chi connectivity index (χ2n) is 6.85. The van der Waals surface area contributed by atoms with E-state index in [2.05, 4.69) is 31.6 Å². The predicted octanol–water partition coefficient (Wildman–Crippen LogP) is 4.85. The number of halogens is 1. The van der Waals surface area contributed by atoms with Crippen molar-refractivity contribution in [2.75, 3.05) is 11.1 Å². The predicted molar refractivity (Wildman–Crippen MR) is 122 cm³/mol. The minimum atomic E-state index is -0.120. The van der Waals surface area contributed by atoms with Crippen molar-refractivity contribution in [2.45, 2.75) is 12.8 Å². The SMILES string of the molecule is Nc1ccc(-c2ccccc2)cc1NC(=O)CCc1cn(-c2ccc(Br)cc2)nn1. The Morgan fingerprint density at radius 1 is 1.00 bits per heavy atom. The van der Waals surface area contributed by atoms with E-state index >= 15 is 0 Å². The minimum Gasteiger partial charge on any atom is -0.397 e. The van der Waals surface area contributed by atoms with Crippen LogP contribution < -0.4 is 11.1 Å². The average Bonchev–Trinajstić information content (AvgIpc) is 3.24. The molecule has 0 saturated carbocycles. The molecule has 0 bridgehead atoms. The number of amides is 1. The van der Waals surface area contributed by atoms with Gasteiger partial charge in [0, 0.05) is 17.3 Å². The molecular formula is C23H20BrN5O. The van der Waals surface area contributed by atoms with E-state index < -0.39 is 0 Å². The third-order valence-corrected chi connectivity index (χ3v) is 5.20. The van der Waals surface area contributed by atoms with Crippen LogP contribution in [0.3, 0.4) is 0 Å². The van der Waals surface area contributed by atoms with Crippen LogP contribution in [0, 0.1) is 0 Å². The molecule has 0 spiro atoms. The van der Waals surface area contributed by atoms with Crippen molar-refractivity contribution in [3.05, 3.63) is 89.2 Å². The number of aryl methyl sites for hydroxylation is 1. The number of benzene rings is 3. The van der Waals surface area contributed by atoms with Crippen molar-refractivity contribution in [1.82, 2.24) is 15.0 Å². The normalized spacial score (nSPS) is 10.7. The Labute approximate surface area is 182 Å². The quantitative estimate of drug-likeness (QED) is 0.401. The second kappa shape index (κ2) is 8.92. The number of nitrogen functional groups attached to an aromatic ring is 1. The zero-order valence-electron chi connectivity index (χ0n) is 16.1. The van der Waals surface area contributed by atoms with E-state index in [1.807, 2.05) is 79.0 Å². The van der Waals surface area contributed by atoms with Crippen LogP contribution in [0.5, 0.6) is 0 Å². The Bertz CT molecular complexity index is 1160. The highest BCUT2D eigenvalue weighted by atomic mass is 79.9. The Hall–Kier alpha value is -3.45. The summed E-state index contributed by atoms with van der Waals surface area (Å²) in [5.41, 5.74) is 10.9. The number of anilines is 2. The largest absolute Gasteiger partial charge is 0.397 e. The van der Waals surface area contributed by atoms with Crippen LogP contribution in [-0.4, -0.2) is 20.9 Å². The number of nitrogens with one attached hydrogen (secondary N) is 1. The molecule has 1 heterocycles. The summed E-state index contributed by atoms with van der Waals surface area (Å²) in [5, 5.41) is 11.2. The molecule has 0 fully saturated rings. The summed E-state index contributed by atoms with van der Waals surface area (Å²) >= 11 is 3.42. The fourth-order valence-electron chi connectivity index (χ4n) is 3.06. The molecule has 0 radical (unpaired) electrons. The molecule has 3 aromatic carbocycles. The van der Waals surface area contributed by atoms with Crippen LogP contribution in [0.1, 0.15) is 12.1 Å². The fourth-order valence-corrected chi connectivity index (χ4v) is 3.33. The highest BCUT2D eigenvalue weighted by molar-refractivity contribution is 9.10. The number of hydrogen-bond donors (Lipinski definition) is 2. The van der Waals surface area contributed by atoms with Crippen molar-refractivity contribution in [3.8, 4) is 16.8 Å². The number of nitrogens with zero attached hydrogens (tertiary/aromatic N) is 3. The molecule has 0 atom stereocenters. The number of carbonyl (C=O) groups is 1. The molecule has 0 unspecified atom stereocenters. The molecule has 30 heavy (non-hydrogen) atoms. The molecule has 1 aromatic heterocycles. The molecule has 0 saturated heterocycles. The zero-order valence-corrected chi connectivity index (χ0v) is 17.7. The van der Waals surface area contributed by atoms with Crippen molar-refractivity contribution < 1.29 is 4.79 Å². The van der Waals surface area contributed by atoms with E-state index in [0.29, 0.717) is 17.8 Å². The van der Waals surface area contributed by atoms with Gasteiger partial charge in [-0.1, -0.05) is 57.5 Å². The Balaban J connectivity index is 1.39. The lowest BCUT2D eigenvalue weighted by molar-refractivity contribution is -0.116. The first-order chi connectivity index (χ1) is 14.6. The lowest BCUT2D eigenvalue weighted by atomic mass is 10.0. The van der Waals surface area contributed by atoms with Gasteiger partial charge in [-0.2, -0.15) is 0 Å². The summed E-state index contributed by atoms with van der Waals surface area (Å²) < 4.78 is 2.69.